The molecule has 0 aliphatic carbocycles. The molecule has 1 atom stereocenters. The van der Waals surface area contributed by atoms with Crippen LogP contribution in [0.3, 0.4) is 0 Å². The Bertz CT molecular complexity index is 649. The highest BCUT2D eigenvalue weighted by atomic mass is 32.2. The normalized spacial score (nSPS) is 18.7. The van der Waals surface area contributed by atoms with Crippen LogP contribution in [0.4, 0.5) is 14.5 Å². The van der Waals surface area contributed by atoms with Crippen LogP contribution in [0, 0.1) is 0 Å². The lowest BCUT2D eigenvalue weighted by Crippen LogP contribution is -2.31. The van der Waals surface area contributed by atoms with Crippen LogP contribution in [0.2, 0.25) is 0 Å². The lowest BCUT2D eigenvalue weighted by Gasteiger charge is -2.18. The number of carbonyl (C=O) groups is 1. The maximum absolute atomic E-state index is 12.7. The molecule has 0 bridgehead atoms. The molecular weight excluding hydrogens is 314 g/mol. The topological polar surface area (TPSA) is 66.5 Å². The lowest BCUT2D eigenvalue weighted by molar-refractivity contribution is -0.129. The number of carbonyl (C=O) groups excluding carboxylic acids is 1. The van der Waals surface area contributed by atoms with Gasteiger partial charge in [0.15, 0.2) is 0 Å². The van der Waals surface area contributed by atoms with Crippen molar-refractivity contribution in [3.05, 3.63) is 24.3 Å². The Morgan fingerprint density at radius 2 is 2.09 bits per heavy atom. The number of amides is 1. The van der Waals surface area contributed by atoms with Gasteiger partial charge >= 0.3 is 5.76 Å². The van der Waals surface area contributed by atoms with Crippen molar-refractivity contribution in [1.29, 1.82) is 0 Å². The molecule has 1 unspecified atom stereocenters. The zero-order chi connectivity index (χ0) is 16.3. The van der Waals surface area contributed by atoms with Crippen LogP contribution in [-0.2, 0) is 14.6 Å². The quantitative estimate of drug-likeness (QED) is 0.897. The predicted molar refractivity (Wildman–Crippen MR) is 78.5 cm³/mol. The number of likely N-dealkylation sites (tertiary alicyclic amines) is 1. The van der Waals surface area contributed by atoms with Gasteiger partial charge in [0.05, 0.1) is 10.6 Å². The van der Waals surface area contributed by atoms with Crippen molar-refractivity contribution < 1.29 is 22.0 Å². The second-order valence-corrected chi connectivity index (χ2v) is 7.01. The average Bonchev–Trinajstić information content (AvgIpc) is 2.95. The zero-order valence-electron chi connectivity index (χ0n) is 12.1. The molecule has 8 heteroatoms. The Labute approximate surface area is 128 Å². The number of benzene rings is 1. The lowest BCUT2D eigenvalue weighted by atomic mass is 10.2. The van der Waals surface area contributed by atoms with E-state index < -0.39 is 20.5 Å². The third kappa shape index (κ3) is 3.37. The molecule has 0 saturated carbocycles. The van der Waals surface area contributed by atoms with Gasteiger partial charge in [-0.2, -0.15) is 8.78 Å². The molecule has 1 heterocycles. The second-order valence-electron chi connectivity index (χ2n) is 5.13. The Morgan fingerprint density at radius 3 is 2.73 bits per heavy atom. The number of para-hydroxylation sites is 1. The highest BCUT2D eigenvalue weighted by Crippen LogP contribution is 2.27. The van der Waals surface area contributed by atoms with Crippen molar-refractivity contribution in [1.82, 2.24) is 4.90 Å². The fourth-order valence-corrected chi connectivity index (χ4v) is 3.37. The molecule has 1 fully saturated rings. The number of nitrogens with zero attached hydrogens (tertiary/aromatic N) is 1. The van der Waals surface area contributed by atoms with Crippen LogP contribution in [-0.4, -0.2) is 44.1 Å². The molecule has 2 rings (SSSR count). The third-order valence-electron chi connectivity index (χ3n) is 3.63. The van der Waals surface area contributed by atoms with E-state index in [2.05, 4.69) is 5.32 Å². The third-order valence-corrected chi connectivity index (χ3v) is 5.07. The van der Waals surface area contributed by atoms with Crippen molar-refractivity contribution in [2.45, 2.75) is 36.5 Å². The van der Waals surface area contributed by atoms with Gasteiger partial charge in [-0.1, -0.05) is 19.1 Å². The van der Waals surface area contributed by atoms with Gasteiger partial charge in [0.2, 0.25) is 15.7 Å². The number of halogens is 2. The Morgan fingerprint density at radius 1 is 1.41 bits per heavy atom. The minimum absolute atomic E-state index is 0.0257. The molecule has 1 amide bonds. The number of anilines is 1. The summed E-state index contributed by atoms with van der Waals surface area (Å²) >= 11 is 0. The van der Waals surface area contributed by atoms with E-state index in [1.165, 1.54) is 12.1 Å². The summed E-state index contributed by atoms with van der Waals surface area (Å²) in [6.07, 6.45) is 1.05. The number of alkyl halides is 2. The van der Waals surface area contributed by atoms with E-state index in [0.717, 1.165) is 6.07 Å². The highest BCUT2D eigenvalue weighted by molar-refractivity contribution is 7.91. The summed E-state index contributed by atoms with van der Waals surface area (Å²) in [5, 5.41) is 2.97. The van der Waals surface area contributed by atoms with Gasteiger partial charge in [-0.05, 0) is 18.6 Å². The predicted octanol–water partition coefficient (Wildman–Crippen LogP) is 2.11. The fraction of sp³-hybridized carbons (Fsp3) is 0.500. The molecule has 0 spiro atoms. The van der Waals surface area contributed by atoms with Crippen LogP contribution >= 0.6 is 0 Å². The molecule has 5 nitrogen and oxygen atoms in total. The highest BCUT2D eigenvalue weighted by Gasteiger charge is 2.31. The average molecular weight is 332 g/mol. The second kappa shape index (κ2) is 6.60. The molecular formula is C14H18F2N2O3S. The van der Waals surface area contributed by atoms with Crippen molar-refractivity contribution in [3.63, 3.8) is 0 Å². The largest absolute Gasteiger partial charge is 0.379 e. The van der Waals surface area contributed by atoms with Crippen LogP contribution in [0.1, 0.15) is 19.8 Å². The first-order valence-electron chi connectivity index (χ1n) is 7.01. The molecule has 1 aliphatic heterocycles. The first kappa shape index (κ1) is 16.7. The first-order chi connectivity index (χ1) is 10.4. The number of hydrogen-bond acceptors (Lipinski definition) is 4. The SMILES string of the molecule is CCC(=O)N1CCC(Nc2ccccc2S(=O)(=O)C(F)F)C1. The number of sulfone groups is 1. The van der Waals surface area contributed by atoms with Crippen LogP contribution in [0.15, 0.2) is 29.2 Å². The van der Waals surface area contributed by atoms with Gasteiger partial charge in [-0.3, -0.25) is 4.79 Å². The minimum atomic E-state index is -4.66. The van der Waals surface area contributed by atoms with E-state index in [9.17, 15) is 22.0 Å². The summed E-state index contributed by atoms with van der Waals surface area (Å²) in [6, 6.07) is 5.45. The van der Waals surface area contributed by atoms with E-state index in [4.69, 9.17) is 0 Å². The van der Waals surface area contributed by atoms with E-state index in [0.29, 0.717) is 25.9 Å². The van der Waals surface area contributed by atoms with Crippen molar-refractivity contribution in [2.75, 3.05) is 18.4 Å². The van der Waals surface area contributed by atoms with Gasteiger partial charge < -0.3 is 10.2 Å². The maximum Gasteiger partial charge on any atom is 0.341 e. The van der Waals surface area contributed by atoms with Gasteiger partial charge in [0, 0.05) is 25.6 Å². The van der Waals surface area contributed by atoms with E-state index in [-0.39, 0.29) is 17.6 Å². The van der Waals surface area contributed by atoms with Gasteiger partial charge in [0.25, 0.3) is 0 Å². The summed E-state index contributed by atoms with van der Waals surface area (Å²) in [4.78, 5) is 12.9. The standard InChI is InChI=1S/C14H18F2N2O3S/c1-2-13(19)18-8-7-10(9-18)17-11-5-3-4-6-12(11)22(20,21)14(15)16/h3-6,10,14,17H,2,7-9H2,1H3. The molecule has 1 N–H and O–H groups in total. The van der Waals surface area contributed by atoms with Crippen molar-refractivity contribution >= 4 is 21.4 Å². The molecule has 1 saturated heterocycles. The zero-order valence-corrected chi connectivity index (χ0v) is 12.9. The fourth-order valence-electron chi connectivity index (χ4n) is 2.48. The van der Waals surface area contributed by atoms with Crippen LogP contribution in [0.25, 0.3) is 0 Å². The van der Waals surface area contributed by atoms with Gasteiger partial charge in [0.1, 0.15) is 0 Å². The Hall–Kier alpha value is -1.70. The molecule has 0 aromatic heterocycles. The Kier molecular flexibility index (Phi) is 5.00. The summed E-state index contributed by atoms with van der Waals surface area (Å²) in [5.41, 5.74) is 0.151. The van der Waals surface area contributed by atoms with E-state index in [1.807, 2.05) is 0 Å². The van der Waals surface area contributed by atoms with E-state index >= 15 is 0 Å². The number of rotatable bonds is 5. The van der Waals surface area contributed by atoms with Gasteiger partial charge in [-0.15, -0.1) is 0 Å². The molecule has 22 heavy (non-hydrogen) atoms. The maximum atomic E-state index is 12.7. The van der Waals surface area contributed by atoms with Crippen LogP contribution < -0.4 is 5.32 Å². The molecule has 1 aromatic carbocycles. The van der Waals surface area contributed by atoms with Crippen LogP contribution in [0.5, 0.6) is 0 Å². The summed E-state index contributed by atoms with van der Waals surface area (Å²) in [6.45, 7) is 2.79. The minimum Gasteiger partial charge on any atom is -0.379 e. The molecule has 0 radical (unpaired) electrons. The van der Waals surface area contributed by atoms with E-state index in [1.54, 1.807) is 17.9 Å². The monoisotopic (exact) mass is 332 g/mol. The number of nitrogens with one attached hydrogen (secondary N) is 1. The first-order valence-corrected chi connectivity index (χ1v) is 8.56. The molecule has 1 aliphatic rings. The summed E-state index contributed by atoms with van der Waals surface area (Å²) < 4.78 is 48.9. The summed E-state index contributed by atoms with van der Waals surface area (Å²) in [7, 11) is -4.66. The van der Waals surface area contributed by atoms with Crippen molar-refractivity contribution in [2.24, 2.45) is 0 Å². The summed E-state index contributed by atoms with van der Waals surface area (Å²) in [5.74, 6) is -3.44. The molecule has 122 valence electrons. The Balaban J connectivity index is 2.17. The van der Waals surface area contributed by atoms with Crippen molar-refractivity contribution in [3.8, 4) is 0 Å². The smallest absolute Gasteiger partial charge is 0.341 e. The number of hydrogen-bond donors (Lipinski definition) is 1. The molecule has 1 aromatic rings. The van der Waals surface area contributed by atoms with Gasteiger partial charge in [-0.25, -0.2) is 8.42 Å².